The number of amides is 7. The summed E-state index contributed by atoms with van der Waals surface area (Å²) in [5, 5.41) is 87.7. The number of aromatic nitrogens is 16. The van der Waals surface area contributed by atoms with E-state index in [-0.39, 0.29) is 77.3 Å². The summed E-state index contributed by atoms with van der Waals surface area (Å²) in [6.45, 7) is 10.0. The molecule has 22 rings (SSSR count). The second kappa shape index (κ2) is 44.9. The van der Waals surface area contributed by atoms with Crippen molar-refractivity contribution in [2.45, 2.75) is 95.2 Å². The normalized spacial score (nSPS) is 15.4. The predicted molar refractivity (Wildman–Crippen MR) is 560 cm³/mol. The van der Waals surface area contributed by atoms with Crippen LogP contribution in [0.25, 0.3) is 88.1 Å². The van der Waals surface area contributed by atoms with Crippen molar-refractivity contribution in [1.82, 2.24) is 90.5 Å². The van der Waals surface area contributed by atoms with Gasteiger partial charge in [-0.15, -0.1) is 0 Å². The van der Waals surface area contributed by atoms with Gasteiger partial charge in [-0.1, -0.05) is 24.3 Å². The monoisotopic (exact) mass is 1970 g/mol. The highest BCUT2D eigenvalue weighted by molar-refractivity contribution is 6.15. The second-order valence-electron chi connectivity index (χ2n) is 37.5. The van der Waals surface area contributed by atoms with Crippen LogP contribution < -0.4 is 56.4 Å². The fourth-order valence-electron chi connectivity index (χ4n) is 18.0. The SMILES string of the molecule is CN(C)C(=O)Nc1cncc(-c2ccc3[nH]nc(C(=O)Nc4ccc(N5CCC(O)CC5)nc4)c3c2)c1.CN(C)Cc1cncc(-c2ccc3[nH]nc(C(=O)Nc4ccc(N5CCC(O)CC5)nc4)c3c2)c1.O=C(Nc1ccc(N2CCC(O)CC2)nc1)c1n[nH]c2ccc(-c3cncc(N4CCOCC4)c3)cc12.O=C(Nc1ccc(N2CCC(O)CC2)nc1)c1n[nH]c2ccc(-c3cncc(NC(=O)C4CC4)c3)cc12. The van der Waals surface area contributed by atoms with E-state index in [2.05, 4.69) is 154 Å². The van der Waals surface area contributed by atoms with Crippen molar-refractivity contribution in [2.24, 2.45) is 5.92 Å². The van der Waals surface area contributed by atoms with Crippen LogP contribution in [-0.4, -0.2) is 278 Å². The molecule has 14 N–H and O–H groups in total. The topological polar surface area (TPSA) is 505 Å². The summed E-state index contributed by atoms with van der Waals surface area (Å²) in [5.41, 5.74) is 17.1. The number of carbonyl (C=O) groups excluding carboxylic acids is 6. The van der Waals surface area contributed by atoms with Crippen LogP contribution >= 0.6 is 0 Å². The molecule has 5 saturated heterocycles. The number of hydrogen-bond acceptors (Lipinski definition) is 29. The summed E-state index contributed by atoms with van der Waals surface area (Å²) in [7, 11) is 7.38. The van der Waals surface area contributed by atoms with Crippen LogP contribution in [0.15, 0.2) is 220 Å². The third-order valence-corrected chi connectivity index (χ3v) is 26.4. The minimum absolute atomic E-state index is 0.0282. The first-order valence-corrected chi connectivity index (χ1v) is 48.8. The quantitative estimate of drug-likeness (QED) is 0.0300. The molecule has 0 radical (unpaired) electrons. The molecular weight excluding hydrogens is 1860 g/mol. The summed E-state index contributed by atoms with van der Waals surface area (Å²) in [6.07, 6.45) is 27.4. The molecule has 0 spiro atoms. The third-order valence-electron chi connectivity index (χ3n) is 26.4. The maximum atomic E-state index is 13.1. The lowest BCUT2D eigenvalue weighted by Crippen LogP contribution is -2.36. The van der Waals surface area contributed by atoms with Crippen molar-refractivity contribution < 1.29 is 53.9 Å². The number of rotatable bonds is 22. The summed E-state index contributed by atoms with van der Waals surface area (Å²) in [6, 6.07) is 45.6. The minimum atomic E-state index is -0.357. The van der Waals surface area contributed by atoms with Crippen LogP contribution in [0.1, 0.15) is 112 Å². The van der Waals surface area contributed by atoms with Gasteiger partial charge in [-0.25, -0.2) is 24.7 Å². The lowest BCUT2D eigenvalue weighted by atomic mass is 10.0. The zero-order valence-corrected chi connectivity index (χ0v) is 81.1. The van der Waals surface area contributed by atoms with Crippen LogP contribution in [0.3, 0.4) is 0 Å². The number of H-pyrrole nitrogens is 4. The van der Waals surface area contributed by atoms with Crippen LogP contribution in [0.2, 0.25) is 0 Å². The summed E-state index contributed by atoms with van der Waals surface area (Å²) < 4.78 is 5.47. The Hall–Kier alpha value is -16.7. The lowest BCUT2D eigenvalue weighted by molar-refractivity contribution is -0.117. The molecule has 146 heavy (non-hydrogen) atoms. The highest BCUT2D eigenvalue weighted by atomic mass is 16.5. The number of aliphatic hydroxyl groups excluding tert-OH is 4. The zero-order chi connectivity index (χ0) is 101. The fourth-order valence-corrected chi connectivity index (χ4v) is 18.0. The Bertz CT molecular complexity index is 7110. The summed E-state index contributed by atoms with van der Waals surface area (Å²) in [5.74, 6) is 2.15. The second-order valence-corrected chi connectivity index (χ2v) is 37.5. The number of aromatic amines is 4. The third kappa shape index (κ3) is 24.1. The Morgan fingerprint density at radius 1 is 0.322 bits per heavy atom. The number of anilines is 11. The van der Waals surface area contributed by atoms with Gasteiger partial charge in [0.2, 0.25) is 5.91 Å². The van der Waals surface area contributed by atoms with E-state index in [9.17, 15) is 49.2 Å². The van der Waals surface area contributed by atoms with Gasteiger partial charge in [0, 0.05) is 167 Å². The Labute approximate surface area is 839 Å². The van der Waals surface area contributed by atoms with Gasteiger partial charge >= 0.3 is 6.03 Å². The molecule has 1 saturated carbocycles. The number of pyridine rings is 8. The average molecular weight is 1970 g/mol. The van der Waals surface area contributed by atoms with Crippen LogP contribution in [0.4, 0.5) is 67.9 Å². The molecule has 40 heteroatoms. The van der Waals surface area contributed by atoms with E-state index in [4.69, 9.17) is 4.74 Å². The Morgan fingerprint density at radius 2 is 0.637 bits per heavy atom. The smallest absolute Gasteiger partial charge is 0.321 e. The number of nitrogens with zero attached hydrogens (tertiary/aromatic N) is 19. The maximum absolute atomic E-state index is 13.1. The average Bonchev–Trinajstić information content (AvgIpc) is 1.66. The van der Waals surface area contributed by atoms with E-state index in [0.29, 0.717) is 69.5 Å². The number of fused-ring (bicyclic) bond motifs is 4. The van der Waals surface area contributed by atoms with Gasteiger partial charge in [-0.05, 0) is 227 Å². The number of ether oxygens (including phenoxy) is 1. The van der Waals surface area contributed by atoms with Gasteiger partial charge in [-0.2, -0.15) is 20.4 Å². The van der Waals surface area contributed by atoms with Crippen molar-refractivity contribution in [1.29, 1.82) is 0 Å². The van der Waals surface area contributed by atoms with Crippen LogP contribution in [0.5, 0.6) is 0 Å². The van der Waals surface area contributed by atoms with E-state index in [1.54, 1.807) is 63.7 Å². The molecule has 6 fully saturated rings. The number of nitrogens with one attached hydrogen (secondary N) is 10. The lowest BCUT2D eigenvalue weighted by Gasteiger charge is -2.30. The maximum Gasteiger partial charge on any atom is 0.321 e. The Kier molecular flexibility index (Phi) is 30.2. The molecule has 4 aromatic carbocycles. The minimum Gasteiger partial charge on any atom is -0.393 e. The molecule has 17 heterocycles. The Morgan fingerprint density at radius 3 is 0.952 bits per heavy atom. The van der Waals surface area contributed by atoms with E-state index < -0.39 is 0 Å². The van der Waals surface area contributed by atoms with E-state index in [1.807, 2.05) is 172 Å². The highest BCUT2D eigenvalue weighted by Gasteiger charge is 2.31. The molecule has 1 aliphatic carbocycles. The zero-order valence-electron chi connectivity index (χ0n) is 81.1. The van der Waals surface area contributed by atoms with Crippen molar-refractivity contribution >= 4 is 142 Å². The largest absolute Gasteiger partial charge is 0.393 e. The molecule has 6 aliphatic rings. The molecule has 12 aromatic heterocycles. The first-order chi connectivity index (χ1) is 71.0. The van der Waals surface area contributed by atoms with E-state index in [0.717, 1.165) is 248 Å². The van der Waals surface area contributed by atoms with Crippen molar-refractivity contribution in [2.75, 3.05) is 163 Å². The standard InChI is InChI=1S/C27H29N7O3.C27H27N7O3.C26H28N8O3.C26H29N7O2/c35-22-5-7-34(8-6-22)25-4-2-20(16-29-25)30-27(36)26-23-14-18(1-3-24(23)31-32-26)19-13-21(17-28-15-19)33-9-11-37-12-10-33;35-21-7-9-34(10-8-21)24-6-4-19(15-29-24)30-27(37)25-22-12-17(3-5-23(22)32-33-25)18-11-20(14-28-13-18)31-26(36)16-1-2-16;1-33(2)26(37)30-19-11-17(13-27-14-19)16-3-5-22-21(12-16)24(32-31-22)25(36)29-18-4-6-23(28-15-18)34-9-7-20(35)8-10-34;1-32(2)16-17-11-19(14-27-13-17)18-3-5-23-22(12-18)25(31-30-23)26(35)29-20-4-6-24(28-15-20)33-9-7-21(34)8-10-33/h1-4,13-17,22,35H,5-12H2,(H,30,36)(H,31,32);3-6,11-16,21,35H,1-2,7-10H2,(H,30,37)(H,31,36)(H,32,33);3-6,11-15,20,35H,7-10H2,1-2H3,(H,29,36)(H,30,37)(H,31,32);3-6,11-15,21,34H,7-10,16H2,1-2H3,(H,29,35)(H,30,31). The number of hydrogen-bond donors (Lipinski definition) is 14. The summed E-state index contributed by atoms with van der Waals surface area (Å²) in [4.78, 5) is 126. The van der Waals surface area contributed by atoms with Gasteiger partial charge in [0.1, 0.15) is 23.3 Å². The van der Waals surface area contributed by atoms with E-state index >= 15 is 0 Å². The van der Waals surface area contributed by atoms with Crippen molar-refractivity contribution in [3.63, 3.8) is 0 Å². The van der Waals surface area contributed by atoms with Gasteiger partial charge < -0.3 is 91.4 Å². The van der Waals surface area contributed by atoms with Crippen molar-refractivity contribution in [3.8, 4) is 44.5 Å². The predicted octanol–water partition coefficient (Wildman–Crippen LogP) is 13.3. The molecule has 0 bridgehead atoms. The number of carbonyl (C=O) groups is 6. The first-order valence-electron chi connectivity index (χ1n) is 48.8. The Balaban J connectivity index is 0.000000123. The first kappa shape index (κ1) is 98.1. The summed E-state index contributed by atoms with van der Waals surface area (Å²) >= 11 is 0. The van der Waals surface area contributed by atoms with Crippen LogP contribution in [0, 0.1) is 5.92 Å². The molecule has 40 nitrogen and oxygen atoms in total. The molecular formula is C106H113N29O11. The van der Waals surface area contributed by atoms with Gasteiger partial charge in [-0.3, -0.25) is 64.3 Å². The molecule has 5 aliphatic heterocycles. The fraction of sp³-hybridized carbons (Fsp3) is 0.302. The molecule has 0 atom stereocenters. The van der Waals surface area contributed by atoms with Gasteiger partial charge in [0.25, 0.3) is 23.6 Å². The van der Waals surface area contributed by atoms with E-state index in [1.165, 1.54) is 4.90 Å². The number of urea groups is 1. The van der Waals surface area contributed by atoms with Gasteiger partial charge in [0.05, 0.1) is 143 Å². The van der Waals surface area contributed by atoms with Crippen molar-refractivity contribution in [3.05, 3.63) is 248 Å². The van der Waals surface area contributed by atoms with Gasteiger partial charge in [0.15, 0.2) is 22.8 Å². The number of aliphatic hydroxyl groups is 4. The highest BCUT2D eigenvalue weighted by Crippen LogP contribution is 2.37. The van der Waals surface area contributed by atoms with Crippen LogP contribution in [-0.2, 0) is 16.1 Å². The number of benzene rings is 4. The molecule has 748 valence electrons. The number of piperidine rings is 4. The number of morpholine rings is 1. The molecule has 0 unspecified atom stereocenters. The molecule has 16 aromatic rings. The molecule has 7 amide bonds.